The van der Waals surface area contributed by atoms with Gasteiger partial charge in [0.2, 0.25) is 0 Å². The molecular formula is C16H22N6O. The van der Waals surface area contributed by atoms with E-state index in [2.05, 4.69) is 31.1 Å². The summed E-state index contributed by atoms with van der Waals surface area (Å²) < 4.78 is 0. The number of aromatic nitrogens is 3. The lowest BCUT2D eigenvalue weighted by molar-refractivity contribution is 0.0952. The maximum Gasteiger partial charge on any atom is 0.254 e. The minimum atomic E-state index is -0.0570. The van der Waals surface area contributed by atoms with Crippen LogP contribution in [0, 0.1) is 0 Å². The van der Waals surface area contributed by atoms with Crippen LogP contribution in [0.4, 0.5) is 5.82 Å². The minimum absolute atomic E-state index is 0.0570. The van der Waals surface area contributed by atoms with Gasteiger partial charge in [0.25, 0.3) is 5.91 Å². The van der Waals surface area contributed by atoms with Gasteiger partial charge in [0.05, 0.1) is 17.5 Å². The number of carbonyl (C=O) groups excluding carboxylic acids is 1. The second-order valence-electron chi connectivity index (χ2n) is 5.64. The van der Waals surface area contributed by atoms with Crippen molar-refractivity contribution in [2.75, 3.05) is 31.5 Å². The molecule has 1 saturated heterocycles. The van der Waals surface area contributed by atoms with E-state index >= 15 is 0 Å². The highest BCUT2D eigenvalue weighted by Crippen LogP contribution is 2.23. The lowest BCUT2D eigenvalue weighted by Crippen LogP contribution is -2.27. The Morgan fingerprint density at radius 2 is 2.30 bits per heavy atom. The quantitative estimate of drug-likeness (QED) is 0.574. The van der Waals surface area contributed by atoms with Gasteiger partial charge in [-0.3, -0.25) is 9.89 Å². The predicted octanol–water partition coefficient (Wildman–Crippen LogP) is 1.11. The van der Waals surface area contributed by atoms with E-state index in [0.717, 1.165) is 44.0 Å². The van der Waals surface area contributed by atoms with E-state index in [1.54, 1.807) is 12.4 Å². The SMILES string of the molecule is O=C(NCCCNc1ccccn1)c1cn[nH]c1C1CCNC1. The molecule has 122 valence electrons. The van der Waals surface area contributed by atoms with Gasteiger partial charge in [-0.05, 0) is 31.5 Å². The van der Waals surface area contributed by atoms with Crippen LogP contribution in [-0.4, -0.2) is 47.3 Å². The Labute approximate surface area is 135 Å². The second kappa shape index (κ2) is 7.73. The summed E-state index contributed by atoms with van der Waals surface area (Å²) in [5.74, 6) is 1.15. The standard InChI is InChI=1S/C16H22N6O/c23-16(13-11-21-22-15(13)12-5-9-17-10-12)20-8-3-7-19-14-4-1-2-6-18-14/h1-2,4,6,11-12,17H,3,5,7-10H2,(H,18,19)(H,20,23)(H,21,22). The monoisotopic (exact) mass is 314 g/mol. The summed E-state index contributed by atoms with van der Waals surface area (Å²) in [4.78, 5) is 16.5. The number of pyridine rings is 1. The molecule has 1 unspecified atom stereocenters. The number of rotatable bonds is 7. The largest absolute Gasteiger partial charge is 0.370 e. The van der Waals surface area contributed by atoms with Gasteiger partial charge in [0.1, 0.15) is 5.82 Å². The van der Waals surface area contributed by atoms with Gasteiger partial charge in [-0.1, -0.05) is 6.07 Å². The van der Waals surface area contributed by atoms with Crippen LogP contribution in [-0.2, 0) is 0 Å². The van der Waals surface area contributed by atoms with E-state index in [-0.39, 0.29) is 5.91 Å². The van der Waals surface area contributed by atoms with Gasteiger partial charge in [0.15, 0.2) is 0 Å². The highest BCUT2D eigenvalue weighted by molar-refractivity contribution is 5.95. The minimum Gasteiger partial charge on any atom is -0.370 e. The Bertz CT molecular complexity index is 621. The fraction of sp³-hybridized carbons (Fsp3) is 0.438. The Morgan fingerprint density at radius 3 is 3.09 bits per heavy atom. The summed E-state index contributed by atoms with van der Waals surface area (Å²) in [6.45, 7) is 3.27. The number of aromatic amines is 1. The highest BCUT2D eigenvalue weighted by atomic mass is 16.1. The van der Waals surface area contributed by atoms with Gasteiger partial charge in [-0.2, -0.15) is 5.10 Å². The van der Waals surface area contributed by atoms with Crippen LogP contribution in [0.1, 0.15) is 34.8 Å². The van der Waals surface area contributed by atoms with Crippen molar-refractivity contribution in [1.29, 1.82) is 0 Å². The number of nitrogens with one attached hydrogen (secondary N) is 4. The zero-order valence-corrected chi connectivity index (χ0v) is 13.0. The molecular weight excluding hydrogens is 292 g/mol. The summed E-state index contributed by atoms with van der Waals surface area (Å²) in [7, 11) is 0. The van der Waals surface area contributed by atoms with E-state index in [9.17, 15) is 4.79 Å². The lowest BCUT2D eigenvalue weighted by atomic mass is 10.0. The van der Waals surface area contributed by atoms with E-state index in [0.29, 0.717) is 18.0 Å². The first-order valence-corrected chi connectivity index (χ1v) is 8.01. The molecule has 1 aliphatic heterocycles. The molecule has 1 aliphatic rings. The first-order chi connectivity index (χ1) is 11.3. The lowest BCUT2D eigenvalue weighted by Gasteiger charge is -2.10. The molecule has 0 bridgehead atoms. The van der Waals surface area contributed by atoms with Crippen LogP contribution >= 0.6 is 0 Å². The molecule has 7 heteroatoms. The molecule has 0 spiro atoms. The number of amides is 1. The second-order valence-corrected chi connectivity index (χ2v) is 5.64. The van der Waals surface area contributed by atoms with Crippen molar-refractivity contribution in [3.05, 3.63) is 41.9 Å². The molecule has 0 aliphatic carbocycles. The number of H-pyrrole nitrogens is 1. The summed E-state index contributed by atoms with van der Waals surface area (Å²) >= 11 is 0. The highest BCUT2D eigenvalue weighted by Gasteiger charge is 2.24. The molecule has 1 atom stereocenters. The molecule has 4 N–H and O–H groups in total. The van der Waals surface area contributed by atoms with Crippen LogP contribution in [0.25, 0.3) is 0 Å². The van der Waals surface area contributed by atoms with Gasteiger partial charge in [-0.25, -0.2) is 4.98 Å². The fourth-order valence-electron chi connectivity index (χ4n) is 2.76. The molecule has 3 rings (SSSR count). The predicted molar refractivity (Wildman–Crippen MR) is 88.5 cm³/mol. The van der Waals surface area contributed by atoms with Gasteiger partial charge < -0.3 is 16.0 Å². The van der Waals surface area contributed by atoms with Crippen LogP contribution < -0.4 is 16.0 Å². The third-order valence-electron chi connectivity index (χ3n) is 3.99. The molecule has 1 amide bonds. The van der Waals surface area contributed by atoms with Crippen LogP contribution in [0.15, 0.2) is 30.6 Å². The molecule has 0 aromatic carbocycles. The van der Waals surface area contributed by atoms with Crippen molar-refractivity contribution in [3.8, 4) is 0 Å². The molecule has 7 nitrogen and oxygen atoms in total. The Morgan fingerprint density at radius 1 is 1.35 bits per heavy atom. The van der Waals surface area contributed by atoms with Crippen molar-refractivity contribution in [1.82, 2.24) is 25.8 Å². The number of hydrogen-bond donors (Lipinski definition) is 4. The Kier molecular flexibility index (Phi) is 5.21. The van der Waals surface area contributed by atoms with Crippen LogP contribution in [0.5, 0.6) is 0 Å². The molecule has 0 radical (unpaired) electrons. The molecule has 1 fully saturated rings. The maximum atomic E-state index is 12.3. The van der Waals surface area contributed by atoms with Crippen molar-refractivity contribution >= 4 is 11.7 Å². The number of carbonyl (C=O) groups is 1. The number of nitrogens with zero attached hydrogens (tertiary/aromatic N) is 2. The van der Waals surface area contributed by atoms with Gasteiger partial charge in [-0.15, -0.1) is 0 Å². The average Bonchev–Trinajstić information content (AvgIpc) is 3.26. The normalized spacial score (nSPS) is 17.1. The van der Waals surface area contributed by atoms with E-state index < -0.39 is 0 Å². The zero-order chi connectivity index (χ0) is 15.9. The third kappa shape index (κ3) is 4.07. The van der Waals surface area contributed by atoms with E-state index in [4.69, 9.17) is 0 Å². The Hall–Kier alpha value is -2.41. The summed E-state index contributed by atoms with van der Waals surface area (Å²) in [5, 5.41) is 16.5. The van der Waals surface area contributed by atoms with E-state index in [1.807, 2.05) is 18.2 Å². The van der Waals surface area contributed by atoms with E-state index in [1.165, 1.54) is 0 Å². The Balaban J connectivity index is 1.42. The molecule has 2 aromatic rings. The number of hydrogen-bond acceptors (Lipinski definition) is 5. The first-order valence-electron chi connectivity index (χ1n) is 8.01. The third-order valence-corrected chi connectivity index (χ3v) is 3.99. The summed E-state index contributed by atoms with van der Waals surface area (Å²) in [6, 6.07) is 5.75. The molecule has 3 heterocycles. The zero-order valence-electron chi connectivity index (χ0n) is 13.0. The summed E-state index contributed by atoms with van der Waals surface area (Å²) in [5.41, 5.74) is 1.61. The average molecular weight is 314 g/mol. The smallest absolute Gasteiger partial charge is 0.254 e. The number of anilines is 1. The van der Waals surface area contributed by atoms with Crippen molar-refractivity contribution < 1.29 is 4.79 Å². The molecule has 0 saturated carbocycles. The van der Waals surface area contributed by atoms with Crippen molar-refractivity contribution in [3.63, 3.8) is 0 Å². The van der Waals surface area contributed by atoms with Crippen LogP contribution in [0.2, 0.25) is 0 Å². The van der Waals surface area contributed by atoms with Gasteiger partial charge >= 0.3 is 0 Å². The molecule has 23 heavy (non-hydrogen) atoms. The first kappa shape index (κ1) is 15.5. The fourth-order valence-corrected chi connectivity index (χ4v) is 2.76. The topological polar surface area (TPSA) is 94.7 Å². The van der Waals surface area contributed by atoms with Crippen molar-refractivity contribution in [2.24, 2.45) is 0 Å². The van der Waals surface area contributed by atoms with Gasteiger partial charge in [0, 0.05) is 31.7 Å². The summed E-state index contributed by atoms with van der Waals surface area (Å²) in [6.07, 6.45) is 5.24. The maximum absolute atomic E-state index is 12.3. The van der Waals surface area contributed by atoms with Crippen molar-refractivity contribution in [2.45, 2.75) is 18.8 Å². The molecule has 2 aromatic heterocycles. The van der Waals surface area contributed by atoms with Crippen LogP contribution in [0.3, 0.4) is 0 Å².